The van der Waals surface area contributed by atoms with Gasteiger partial charge in [0, 0.05) is 23.8 Å². The van der Waals surface area contributed by atoms with Crippen LogP contribution in [0.4, 0.5) is 5.69 Å². The van der Waals surface area contributed by atoms with E-state index in [2.05, 4.69) is 26.8 Å². The molecule has 3 aliphatic carbocycles. The van der Waals surface area contributed by atoms with Gasteiger partial charge in [0.2, 0.25) is 0 Å². The number of nitriles is 1. The van der Waals surface area contributed by atoms with Crippen molar-refractivity contribution >= 4 is 17.1 Å². The molecule has 6 rings (SSSR count). The van der Waals surface area contributed by atoms with E-state index in [1.165, 1.54) is 6.20 Å². The summed E-state index contributed by atoms with van der Waals surface area (Å²) in [6, 6.07) is 9.62. The molecule has 0 unspecified atom stereocenters. The monoisotopic (exact) mass is 487 g/mol. The maximum Gasteiger partial charge on any atom is 0.254 e. The van der Waals surface area contributed by atoms with Crippen LogP contribution in [0, 0.1) is 11.3 Å². The molecular formula is C27H33N7O2. The molecule has 3 aromatic rings. The third-order valence-electron chi connectivity index (χ3n) is 7.70. The van der Waals surface area contributed by atoms with Gasteiger partial charge in [0.15, 0.2) is 0 Å². The van der Waals surface area contributed by atoms with Crippen molar-refractivity contribution in [1.29, 1.82) is 5.26 Å². The van der Waals surface area contributed by atoms with E-state index < -0.39 is 5.60 Å². The predicted octanol–water partition coefficient (Wildman–Crippen LogP) is 3.37. The number of amides is 1. The first-order valence-electron chi connectivity index (χ1n) is 12.5. The summed E-state index contributed by atoms with van der Waals surface area (Å²) < 4.78 is 1.75. The highest BCUT2D eigenvalue weighted by atomic mass is 16.3. The average Bonchev–Trinajstić information content (AvgIpc) is 3.27. The van der Waals surface area contributed by atoms with Crippen molar-refractivity contribution < 1.29 is 9.90 Å². The molecule has 36 heavy (non-hydrogen) atoms. The lowest BCUT2D eigenvalue weighted by atomic mass is 9.63. The van der Waals surface area contributed by atoms with Crippen LogP contribution in [0.2, 0.25) is 0 Å². The normalized spacial score (nSPS) is 23.4. The molecular weight excluding hydrogens is 454 g/mol. The van der Waals surface area contributed by atoms with E-state index in [-0.39, 0.29) is 17.0 Å². The number of aliphatic hydroxyl groups is 1. The zero-order valence-corrected chi connectivity index (χ0v) is 20.8. The standard InChI is InChI=1S/C27H33N7O2/c1-25(2,29)11-12-30-24(35)20-17-31-22(23-4-3-19-13-18(15-28)16-32-34(19)23)14-21(20)33-26-5-8-27(36,9-6-26)10-7-26/h3-4,13-14,16-17,36H,5-12,29H2,1-2H3,(H,30,35)(H,31,33). The van der Waals surface area contributed by atoms with E-state index in [1.807, 2.05) is 32.0 Å². The van der Waals surface area contributed by atoms with Crippen LogP contribution in [-0.2, 0) is 0 Å². The van der Waals surface area contributed by atoms with E-state index >= 15 is 0 Å². The first-order valence-corrected chi connectivity index (χ1v) is 12.5. The van der Waals surface area contributed by atoms with Gasteiger partial charge in [-0.1, -0.05) is 0 Å². The van der Waals surface area contributed by atoms with Crippen molar-refractivity contribution in [2.24, 2.45) is 5.73 Å². The van der Waals surface area contributed by atoms with Gasteiger partial charge in [-0.3, -0.25) is 9.78 Å². The van der Waals surface area contributed by atoms with E-state index in [9.17, 15) is 15.2 Å². The predicted molar refractivity (Wildman–Crippen MR) is 137 cm³/mol. The summed E-state index contributed by atoms with van der Waals surface area (Å²) in [4.78, 5) is 17.8. The van der Waals surface area contributed by atoms with Gasteiger partial charge in [-0.15, -0.1) is 0 Å². The minimum absolute atomic E-state index is 0.154. The minimum atomic E-state index is -0.541. The molecule has 0 aromatic carbocycles. The summed E-state index contributed by atoms with van der Waals surface area (Å²) in [6.07, 6.45) is 8.66. The second-order valence-electron chi connectivity index (χ2n) is 11.2. The molecule has 0 saturated heterocycles. The highest BCUT2D eigenvalue weighted by Gasteiger charge is 2.48. The second kappa shape index (κ2) is 8.87. The van der Waals surface area contributed by atoms with Crippen LogP contribution in [0.25, 0.3) is 16.9 Å². The number of pyridine rings is 1. The smallest absolute Gasteiger partial charge is 0.254 e. The Kier molecular flexibility index (Phi) is 5.97. The lowest BCUT2D eigenvalue weighted by Crippen LogP contribution is -2.54. The van der Waals surface area contributed by atoms with Crippen LogP contribution < -0.4 is 16.4 Å². The SMILES string of the molecule is CC(C)(N)CCNC(=O)c1cnc(-c2ccc3cc(C#N)cnn23)cc1NC12CCC(O)(CC1)CC2. The summed E-state index contributed by atoms with van der Waals surface area (Å²) in [5, 5.41) is 31.0. The number of hydrogen-bond acceptors (Lipinski definition) is 7. The molecule has 3 aliphatic rings. The number of rotatable bonds is 7. The fraction of sp³-hybridized carbons (Fsp3) is 0.481. The second-order valence-corrected chi connectivity index (χ2v) is 11.2. The Hall–Kier alpha value is -3.48. The maximum absolute atomic E-state index is 13.2. The van der Waals surface area contributed by atoms with E-state index in [1.54, 1.807) is 16.8 Å². The number of nitrogens with zero attached hydrogens (tertiary/aromatic N) is 4. The Labute approximate surface area is 210 Å². The van der Waals surface area contributed by atoms with Crippen LogP contribution in [0.3, 0.4) is 0 Å². The Bertz CT molecular complexity index is 1320. The third-order valence-corrected chi connectivity index (χ3v) is 7.70. The Balaban J connectivity index is 1.49. The van der Waals surface area contributed by atoms with E-state index in [4.69, 9.17) is 5.73 Å². The topological polar surface area (TPSA) is 141 Å². The van der Waals surface area contributed by atoms with Crippen LogP contribution in [0.15, 0.2) is 36.7 Å². The number of nitrogens with two attached hydrogens (primary N) is 1. The van der Waals surface area contributed by atoms with Crippen molar-refractivity contribution in [2.45, 2.75) is 75.5 Å². The van der Waals surface area contributed by atoms with E-state index in [0.717, 1.165) is 55.4 Å². The molecule has 3 fully saturated rings. The number of anilines is 1. The molecule has 188 valence electrons. The van der Waals surface area contributed by atoms with Gasteiger partial charge in [-0.2, -0.15) is 10.4 Å². The molecule has 9 heteroatoms. The molecule has 5 N–H and O–H groups in total. The molecule has 3 aromatic heterocycles. The van der Waals surface area contributed by atoms with Crippen LogP contribution in [-0.4, -0.2) is 48.8 Å². The molecule has 3 heterocycles. The average molecular weight is 488 g/mol. The van der Waals surface area contributed by atoms with Gasteiger partial charge in [0.05, 0.1) is 45.5 Å². The first kappa shape index (κ1) is 24.2. The summed E-state index contributed by atoms with van der Waals surface area (Å²) in [5.74, 6) is -0.197. The lowest BCUT2D eigenvalue weighted by Gasteiger charge is -2.51. The Morgan fingerprint density at radius 1 is 1.19 bits per heavy atom. The molecule has 3 saturated carbocycles. The van der Waals surface area contributed by atoms with Crippen molar-refractivity contribution in [3.63, 3.8) is 0 Å². The van der Waals surface area contributed by atoms with Gasteiger partial charge in [-0.25, -0.2) is 4.52 Å². The fourth-order valence-electron chi connectivity index (χ4n) is 5.37. The number of nitrogens with one attached hydrogen (secondary N) is 2. The highest BCUT2D eigenvalue weighted by Crippen LogP contribution is 2.48. The zero-order chi connectivity index (χ0) is 25.6. The van der Waals surface area contributed by atoms with Crippen molar-refractivity contribution in [3.8, 4) is 17.5 Å². The number of fused-ring (bicyclic) bond motifs is 4. The van der Waals surface area contributed by atoms with Crippen LogP contribution in [0.1, 0.15) is 74.7 Å². The molecule has 0 radical (unpaired) electrons. The number of carbonyl (C=O) groups is 1. The van der Waals surface area contributed by atoms with Gasteiger partial charge in [-0.05, 0) is 83.1 Å². The Morgan fingerprint density at radius 3 is 2.58 bits per heavy atom. The first-order chi connectivity index (χ1) is 17.1. The Morgan fingerprint density at radius 2 is 1.92 bits per heavy atom. The molecule has 1 amide bonds. The lowest BCUT2D eigenvalue weighted by molar-refractivity contribution is -0.0580. The van der Waals surface area contributed by atoms with Crippen molar-refractivity contribution in [1.82, 2.24) is 19.9 Å². The molecule has 2 bridgehead atoms. The molecule has 9 nitrogen and oxygen atoms in total. The zero-order valence-electron chi connectivity index (χ0n) is 20.8. The summed E-state index contributed by atoms with van der Waals surface area (Å²) in [7, 11) is 0. The maximum atomic E-state index is 13.2. The molecule has 0 atom stereocenters. The largest absolute Gasteiger partial charge is 0.390 e. The summed E-state index contributed by atoms with van der Waals surface area (Å²) in [6.45, 7) is 4.34. The van der Waals surface area contributed by atoms with Gasteiger partial charge >= 0.3 is 0 Å². The number of hydrogen-bond donors (Lipinski definition) is 4. The summed E-state index contributed by atoms with van der Waals surface area (Å²) >= 11 is 0. The van der Waals surface area contributed by atoms with Crippen LogP contribution in [0.5, 0.6) is 0 Å². The summed E-state index contributed by atoms with van der Waals surface area (Å²) in [5.41, 5.74) is 8.95. The highest BCUT2D eigenvalue weighted by molar-refractivity contribution is 6.00. The third kappa shape index (κ3) is 4.79. The molecule has 0 spiro atoms. The number of aromatic nitrogens is 3. The van der Waals surface area contributed by atoms with Crippen molar-refractivity contribution in [2.75, 3.05) is 11.9 Å². The van der Waals surface area contributed by atoms with E-state index in [0.29, 0.717) is 29.8 Å². The molecule has 0 aliphatic heterocycles. The number of carbonyl (C=O) groups excluding carboxylic acids is 1. The van der Waals surface area contributed by atoms with Gasteiger partial charge in [0.1, 0.15) is 6.07 Å². The quantitative estimate of drug-likeness (QED) is 0.400. The van der Waals surface area contributed by atoms with Crippen molar-refractivity contribution in [3.05, 3.63) is 47.8 Å². The fourth-order valence-corrected chi connectivity index (χ4v) is 5.37. The van der Waals surface area contributed by atoms with Gasteiger partial charge < -0.3 is 21.5 Å². The van der Waals surface area contributed by atoms with Gasteiger partial charge in [0.25, 0.3) is 5.91 Å². The minimum Gasteiger partial charge on any atom is -0.390 e. The van der Waals surface area contributed by atoms with Crippen LogP contribution >= 0.6 is 0 Å².